The van der Waals surface area contributed by atoms with Gasteiger partial charge in [-0.05, 0) is 63.9 Å². The van der Waals surface area contributed by atoms with Crippen molar-refractivity contribution in [1.29, 1.82) is 0 Å². The van der Waals surface area contributed by atoms with Crippen molar-refractivity contribution in [1.82, 2.24) is 9.47 Å². The van der Waals surface area contributed by atoms with Gasteiger partial charge in [0.15, 0.2) is 9.84 Å². The lowest BCUT2D eigenvalue weighted by molar-refractivity contribution is 0.0252. The van der Waals surface area contributed by atoms with Crippen LogP contribution in [0.5, 0.6) is 5.75 Å². The zero-order valence-corrected chi connectivity index (χ0v) is 19.7. The number of sulfone groups is 1. The Morgan fingerprint density at radius 3 is 2.34 bits per heavy atom. The third kappa shape index (κ3) is 6.35. The third-order valence-electron chi connectivity index (χ3n) is 5.06. The van der Waals surface area contributed by atoms with Crippen LogP contribution in [0.2, 0.25) is 0 Å². The van der Waals surface area contributed by atoms with E-state index in [0.29, 0.717) is 30.9 Å². The molecule has 0 saturated carbocycles. The molecule has 9 heteroatoms. The molecule has 1 fully saturated rings. The summed E-state index contributed by atoms with van der Waals surface area (Å²) in [7, 11) is -3.30. The van der Waals surface area contributed by atoms with Crippen molar-refractivity contribution in [2.45, 2.75) is 56.6 Å². The minimum atomic E-state index is -3.30. The molecule has 2 aromatic rings. The number of ether oxygens (including phenoxy) is 2. The fourth-order valence-electron chi connectivity index (χ4n) is 3.49. The molecule has 8 nitrogen and oxygen atoms in total. The molecule has 1 aliphatic heterocycles. The van der Waals surface area contributed by atoms with Crippen molar-refractivity contribution < 1.29 is 22.7 Å². The summed E-state index contributed by atoms with van der Waals surface area (Å²) >= 11 is 0. The summed E-state index contributed by atoms with van der Waals surface area (Å²) in [4.78, 5) is 26.8. The van der Waals surface area contributed by atoms with Crippen molar-refractivity contribution in [3.05, 3.63) is 52.9 Å². The van der Waals surface area contributed by atoms with E-state index < -0.39 is 15.4 Å². The van der Waals surface area contributed by atoms with E-state index >= 15 is 0 Å². The number of carbonyl (C=O) groups is 1. The fraction of sp³-hybridized carbons (Fsp3) is 0.478. The van der Waals surface area contributed by atoms with Gasteiger partial charge in [-0.2, -0.15) is 0 Å². The molecule has 1 atom stereocenters. The van der Waals surface area contributed by atoms with Crippen molar-refractivity contribution >= 4 is 15.9 Å². The van der Waals surface area contributed by atoms with Gasteiger partial charge in [0.25, 0.3) is 5.56 Å². The molecule has 1 amide bonds. The van der Waals surface area contributed by atoms with E-state index in [2.05, 4.69) is 0 Å². The average Bonchev–Trinajstić information content (AvgIpc) is 2.92. The van der Waals surface area contributed by atoms with Gasteiger partial charge in [-0.1, -0.05) is 0 Å². The van der Waals surface area contributed by atoms with Crippen molar-refractivity contribution in [3.63, 3.8) is 0 Å². The van der Waals surface area contributed by atoms with Crippen LogP contribution >= 0.6 is 0 Å². The van der Waals surface area contributed by atoms with Gasteiger partial charge in [0.05, 0.1) is 4.90 Å². The molecule has 0 N–H and O–H groups in total. The van der Waals surface area contributed by atoms with E-state index in [9.17, 15) is 18.0 Å². The van der Waals surface area contributed by atoms with Crippen LogP contribution in [-0.4, -0.2) is 55.0 Å². The number of hydrogen-bond acceptors (Lipinski definition) is 6. The Balaban J connectivity index is 1.65. The molecule has 1 aromatic carbocycles. The van der Waals surface area contributed by atoms with Crippen molar-refractivity contribution in [3.8, 4) is 11.4 Å². The Morgan fingerprint density at radius 1 is 1.06 bits per heavy atom. The molecule has 0 spiro atoms. The summed E-state index contributed by atoms with van der Waals surface area (Å²) in [6.45, 7) is 6.67. The van der Waals surface area contributed by atoms with Crippen LogP contribution < -0.4 is 10.3 Å². The van der Waals surface area contributed by atoms with Crippen LogP contribution in [0, 0.1) is 0 Å². The largest absolute Gasteiger partial charge is 0.490 e. The van der Waals surface area contributed by atoms with E-state index in [-0.39, 0.29) is 22.7 Å². The normalized spacial score (nSPS) is 17.5. The highest BCUT2D eigenvalue weighted by atomic mass is 32.2. The second kappa shape index (κ2) is 9.36. The minimum Gasteiger partial charge on any atom is -0.490 e. The SMILES string of the molecule is CC(C)(C)OC(=O)N1CCCC(Oc2ccn(-c3ccc(S(C)(=O)=O)cc3)c(=O)c2)CC1. The van der Waals surface area contributed by atoms with Gasteiger partial charge in [0.2, 0.25) is 0 Å². The predicted molar refractivity (Wildman–Crippen MR) is 121 cm³/mol. The average molecular weight is 463 g/mol. The Hall–Kier alpha value is -2.81. The lowest BCUT2D eigenvalue weighted by Gasteiger charge is -2.26. The second-order valence-corrected chi connectivity index (χ2v) is 11.0. The van der Waals surface area contributed by atoms with E-state index in [0.717, 1.165) is 19.1 Å². The van der Waals surface area contributed by atoms with E-state index in [1.165, 1.54) is 22.8 Å². The van der Waals surface area contributed by atoms with Crippen LogP contribution in [0.3, 0.4) is 0 Å². The maximum Gasteiger partial charge on any atom is 0.410 e. The van der Waals surface area contributed by atoms with Crippen molar-refractivity contribution in [2.75, 3.05) is 19.3 Å². The summed E-state index contributed by atoms with van der Waals surface area (Å²) in [5.41, 5.74) is -0.246. The standard InChI is InChI=1S/C23H30N2O6S/c1-23(2,3)31-22(27)24-13-5-6-18(11-14-24)30-19-12-15-25(21(26)16-19)17-7-9-20(10-8-17)32(4,28)29/h7-10,12,15-16,18H,5-6,11,13-14H2,1-4H3. The maximum absolute atomic E-state index is 12.6. The van der Waals surface area contributed by atoms with Gasteiger partial charge in [-0.3, -0.25) is 9.36 Å². The molecule has 1 unspecified atom stereocenters. The number of aromatic nitrogens is 1. The number of benzene rings is 1. The minimum absolute atomic E-state index is 0.105. The van der Waals surface area contributed by atoms with Crippen LogP contribution in [0.15, 0.2) is 52.3 Å². The molecule has 1 aliphatic rings. The number of likely N-dealkylation sites (tertiary alicyclic amines) is 1. The molecule has 0 aliphatic carbocycles. The molecule has 3 rings (SSSR count). The highest BCUT2D eigenvalue weighted by molar-refractivity contribution is 7.90. The zero-order valence-electron chi connectivity index (χ0n) is 18.9. The summed E-state index contributed by atoms with van der Waals surface area (Å²) < 4.78 is 36.1. The number of pyridine rings is 1. The van der Waals surface area contributed by atoms with Gasteiger partial charge in [-0.25, -0.2) is 13.2 Å². The summed E-state index contributed by atoms with van der Waals surface area (Å²) in [5.74, 6) is 0.467. The summed E-state index contributed by atoms with van der Waals surface area (Å²) in [5, 5.41) is 0. The number of nitrogens with zero attached hydrogens (tertiary/aromatic N) is 2. The van der Waals surface area contributed by atoms with Crippen LogP contribution in [0.4, 0.5) is 4.79 Å². The van der Waals surface area contributed by atoms with E-state index in [1.807, 2.05) is 20.8 Å². The monoisotopic (exact) mass is 462 g/mol. The Kier molecular flexibility index (Phi) is 6.97. The first-order valence-corrected chi connectivity index (χ1v) is 12.5. The summed E-state index contributed by atoms with van der Waals surface area (Å²) in [6.07, 6.45) is 4.53. The van der Waals surface area contributed by atoms with Gasteiger partial charge in [0.1, 0.15) is 17.5 Å². The number of hydrogen-bond donors (Lipinski definition) is 0. The Bertz CT molecular complexity index is 1120. The topological polar surface area (TPSA) is 94.9 Å². The van der Waals surface area contributed by atoms with Crippen LogP contribution in [0.1, 0.15) is 40.0 Å². The molecule has 0 bridgehead atoms. The molecule has 1 saturated heterocycles. The van der Waals surface area contributed by atoms with Gasteiger partial charge >= 0.3 is 6.09 Å². The molecule has 1 aromatic heterocycles. The molecular weight excluding hydrogens is 432 g/mol. The number of rotatable bonds is 4. The molecule has 2 heterocycles. The maximum atomic E-state index is 12.6. The van der Waals surface area contributed by atoms with Gasteiger partial charge in [-0.15, -0.1) is 0 Å². The smallest absolute Gasteiger partial charge is 0.410 e. The fourth-order valence-corrected chi connectivity index (χ4v) is 4.12. The number of carbonyl (C=O) groups excluding carboxylic acids is 1. The van der Waals surface area contributed by atoms with Crippen molar-refractivity contribution in [2.24, 2.45) is 0 Å². The van der Waals surface area contributed by atoms with E-state index in [4.69, 9.17) is 9.47 Å². The lowest BCUT2D eigenvalue weighted by atomic mass is 10.1. The molecule has 32 heavy (non-hydrogen) atoms. The van der Waals surface area contributed by atoms with Gasteiger partial charge < -0.3 is 14.4 Å². The first-order chi connectivity index (χ1) is 14.9. The number of amides is 1. The Morgan fingerprint density at radius 2 is 1.75 bits per heavy atom. The highest BCUT2D eigenvalue weighted by Crippen LogP contribution is 2.20. The Labute approximate surface area is 188 Å². The summed E-state index contributed by atoms with van der Waals surface area (Å²) in [6, 6.07) is 9.26. The van der Waals surface area contributed by atoms with Crippen LogP contribution in [-0.2, 0) is 14.6 Å². The quantitative estimate of drug-likeness (QED) is 0.691. The predicted octanol–water partition coefficient (Wildman–Crippen LogP) is 3.41. The lowest BCUT2D eigenvalue weighted by Crippen LogP contribution is -2.37. The third-order valence-corrected chi connectivity index (χ3v) is 6.19. The second-order valence-electron chi connectivity index (χ2n) is 8.97. The van der Waals surface area contributed by atoms with E-state index in [1.54, 1.807) is 29.3 Å². The zero-order chi connectivity index (χ0) is 23.5. The first kappa shape index (κ1) is 23.8. The highest BCUT2D eigenvalue weighted by Gasteiger charge is 2.26. The molecule has 0 radical (unpaired) electrons. The molecule has 174 valence electrons. The molecular formula is C23H30N2O6S. The first-order valence-electron chi connectivity index (χ1n) is 10.6. The van der Waals surface area contributed by atoms with Gasteiger partial charge in [0, 0.05) is 43.7 Å². The van der Waals surface area contributed by atoms with Crippen LogP contribution in [0.25, 0.3) is 5.69 Å².